The molecule has 6 nitrogen and oxygen atoms in total. The molecule has 0 spiro atoms. The molecule has 2 aromatic rings. The number of nitrogens with one attached hydrogen (secondary N) is 1. The maximum absolute atomic E-state index is 13.8. The van der Waals surface area contributed by atoms with Crippen LogP contribution in [0.4, 0.5) is 15.2 Å². The van der Waals surface area contributed by atoms with Gasteiger partial charge in [0.05, 0.1) is 11.4 Å². The second-order valence-electron chi connectivity index (χ2n) is 5.55. The third kappa shape index (κ3) is 4.35. The van der Waals surface area contributed by atoms with Gasteiger partial charge >= 0.3 is 0 Å². The minimum absolute atomic E-state index is 0.0434. The number of benzene rings is 1. The zero-order valence-corrected chi connectivity index (χ0v) is 14.6. The van der Waals surface area contributed by atoms with Crippen molar-refractivity contribution in [2.24, 2.45) is 5.92 Å². The van der Waals surface area contributed by atoms with E-state index >= 15 is 0 Å². The van der Waals surface area contributed by atoms with Crippen LogP contribution in [0.1, 0.15) is 6.42 Å². The maximum Gasteiger partial charge on any atom is 0.230 e. The lowest BCUT2D eigenvalue weighted by atomic mass is 10.1. The van der Waals surface area contributed by atoms with E-state index in [1.165, 1.54) is 29.2 Å². The molecule has 3 rings (SSSR count). The zero-order valence-electron chi connectivity index (χ0n) is 12.9. The number of thioether (sulfide) groups is 1. The van der Waals surface area contributed by atoms with Gasteiger partial charge in [-0.2, -0.15) is 0 Å². The van der Waals surface area contributed by atoms with Crippen molar-refractivity contribution >= 4 is 39.8 Å². The highest BCUT2D eigenvalue weighted by Gasteiger charge is 2.24. The number of nitrogens with two attached hydrogens (primary N) is 1. The fourth-order valence-electron chi connectivity index (χ4n) is 2.64. The minimum Gasteiger partial charge on any atom is -0.374 e. The van der Waals surface area contributed by atoms with Gasteiger partial charge in [0, 0.05) is 19.6 Å². The number of halogens is 1. The molecule has 3 N–H and O–H groups in total. The summed E-state index contributed by atoms with van der Waals surface area (Å²) in [5.74, 6) is 0.377. The number of carbonyl (C=O) groups excluding carboxylic acids is 1. The predicted molar refractivity (Wildman–Crippen MR) is 94.8 cm³/mol. The molecular formula is C15H18FN5OS2. The van der Waals surface area contributed by atoms with E-state index in [1.54, 1.807) is 12.1 Å². The van der Waals surface area contributed by atoms with Crippen LogP contribution in [0, 0.1) is 11.7 Å². The van der Waals surface area contributed by atoms with Crippen LogP contribution in [-0.2, 0) is 4.79 Å². The summed E-state index contributed by atoms with van der Waals surface area (Å²) in [6, 6.07) is 6.80. The normalized spacial score (nSPS) is 17.2. The quantitative estimate of drug-likeness (QED) is 0.760. The van der Waals surface area contributed by atoms with Gasteiger partial charge in [0.2, 0.25) is 11.0 Å². The summed E-state index contributed by atoms with van der Waals surface area (Å²) in [7, 11) is 0. The summed E-state index contributed by atoms with van der Waals surface area (Å²) in [6.45, 7) is 2.16. The van der Waals surface area contributed by atoms with Crippen molar-refractivity contribution in [1.29, 1.82) is 0 Å². The number of carbonyl (C=O) groups is 1. The number of nitrogens with zero attached hydrogens (tertiary/aromatic N) is 3. The van der Waals surface area contributed by atoms with E-state index in [9.17, 15) is 9.18 Å². The number of nitrogen functional groups attached to an aromatic ring is 1. The molecule has 1 aromatic heterocycles. The number of rotatable bonds is 6. The molecule has 1 aromatic carbocycles. The van der Waals surface area contributed by atoms with Crippen molar-refractivity contribution in [2.75, 3.05) is 36.0 Å². The fourth-order valence-corrected chi connectivity index (χ4v) is 4.11. The Kier molecular flexibility index (Phi) is 5.52. The van der Waals surface area contributed by atoms with E-state index in [2.05, 4.69) is 15.5 Å². The van der Waals surface area contributed by atoms with Crippen molar-refractivity contribution in [3.63, 3.8) is 0 Å². The molecule has 1 atom stereocenters. The molecule has 0 saturated carbocycles. The first-order chi connectivity index (χ1) is 11.6. The summed E-state index contributed by atoms with van der Waals surface area (Å²) in [5.41, 5.74) is 6.13. The molecular weight excluding hydrogens is 349 g/mol. The zero-order chi connectivity index (χ0) is 16.9. The number of hydrogen-bond donors (Lipinski definition) is 2. The lowest BCUT2D eigenvalue weighted by molar-refractivity contribution is -0.118. The van der Waals surface area contributed by atoms with Crippen molar-refractivity contribution < 1.29 is 9.18 Å². The molecule has 0 unspecified atom stereocenters. The summed E-state index contributed by atoms with van der Waals surface area (Å²) >= 11 is 2.59. The maximum atomic E-state index is 13.8. The van der Waals surface area contributed by atoms with E-state index in [0.29, 0.717) is 33.4 Å². The topological polar surface area (TPSA) is 84.1 Å². The molecule has 1 fully saturated rings. The molecule has 1 amide bonds. The van der Waals surface area contributed by atoms with Gasteiger partial charge in [0.25, 0.3) is 0 Å². The van der Waals surface area contributed by atoms with Gasteiger partial charge in [-0.05, 0) is 24.5 Å². The Morgan fingerprint density at radius 2 is 2.29 bits per heavy atom. The predicted octanol–water partition coefficient (Wildman–Crippen LogP) is 1.99. The number of aromatic nitrogens is 2. The molecule has 1 aliphatic rings. The first-order valence-electron chi connectivity index (χ1n) is 7.60. The lowest BCUT2D eigenvalue weighted by Crippen LogP contribution is -2.32. The van der Waals surface area contributed by atoms with Gasteiger partial charge in [-0.25, -0.2) is 4.39 Å². The lowest BCUT2D eigenvalue weighted by Gasteiger charge is -2.19. The van der Waals surface area contributed by atoms with Crippen molar-refractivity contribution in [3.05, 3.63) is 30.1 Å². The van der Waals surface area contributed by atoms with Gasteiger partial charge in [0.15, 0.2) is 4.34 Å². The van der Waals surface area contributed by atoms with Gasteiger partial charge in [-0.1, -0.05) is 35.2 Å². The standard InChI is InChI=1S/C15H18FN5OS2/c16-11-3-1-2-4-12(11)21-6-5-10(8-21)7-18-13(22)9-23-15-20-19-14(17)24-15/h1-4,10H,5-9H2,(H2,17,19)(H,18,22)/t10-/m1/s1. The molecule has 0 aliphatic carbocycles. The van der Waals surface area contributed by atoms with E-state index in [-0.39, 0.29) is 11.7 Å². The Balaban J connectivity index is 1.41. The van der Waals surface area contributed by atoms with Crippen LogP contribution in [-0.4, -0.2) is 41.5 Å². The Morgan fingerprint density at radius 3 is 3.04 bits per heavy atom. The Bertz CT molecular complexity index is 711. The summed E-state index contributed by atoms with van der Waals surface area (Å²) < 4.78 is 14.5. The van der Waals surface area contributed by atoms with Gasteiger partial charge in [-0.3, -0.25) is 4.79 Å². The Hall–Kier alpha value is -1.87. The van der Waals surface area contributed by atoms with Crippen LogP contribution in [0.3, 0.4) is 0 Å². The minimum atomic E-state index is -0.199. The highest BCUT2D eigenvalue weighted by atomic mass is 32.2. The van der Waals surface area contributed by atoms with E-state index in [0.717, 1.165) is 19.5 Å². The van der Waals surface area contributed by atoms with Crippen LogP contribution in [0.15, 0.2) is 28.6 Å². The Labute approximate surface area is 147 Å². The highest BCUT2D eigenvalue weighted by Crippen LogP contribution is 2.26. The van der Waals surface area contributed by atoms with Gasteiger partial charge in [0.1, 0.15) is 5.82 Å². The number of anilines is 2. The molecule has 128 valence electrons. The van der Waals surface area contributed by atoms with Crippen molar-refractivity contribution in [2.45, 2.75) is 10.8 Å². The van der Waals surface area contributed by atoms with Crippen LogP contribution < -0.4 is 16.0 Å². The average molecular weight is 367 g/mol. The highest BCUT2D eigenvalue weighted by molar-refractivity contribution is 8.01. The second kappa shape index (κ2) is 7.80. The molecule has 24 heavy (non-hydrogen) atoms. The molecule has 0 radical (unpaired) electrons. The van der Waals surface area contributed by atoms with Crippen molar-refractivity contribution in [1.82, 2.24) is 15.5 Å². The van der Waals surface area contributed by atoms with Gasteiger partial charge < -0.3 is 16.0 Å². The third-order valence-electron chi connectivity index (χ3n) is 3.82. The molecule has 0 bridgehead atoms. The monoisotopic (exact) mass is 367 g/mol. The average Bonchev–Trinajstić information content (AvgIpc) is 3.20. The molecule has 2 heterocycles. The van der Waals surface area contributed by atoms with E-state index < -0.39 is 0 Å². The third-order valence-corrected chi connectivity index (χ3v) is 5.70. The Morgan fingerprint density at radius 1 is 1.46 bits per heavy atom. The largest absolute Gasteiger partial charge is 0.374 e. The smallest absolute Gasteiger partial charge is 0.230 e. The van der Waals surface area contributed by atoms with Crippen molar-refractivity contribution in [3.8, 4) is 0 Å². The first-order valence-corrected chi connectivity index (χ1v) is 9.40. The van der Waals surface area contributed by atoms with Crippen LogP contribution in [0.5, 0.6) is 0 Å². The number of amides is 1. The summed E-state index contributed by atoms with van der Waals surface area (Å²) in [5, 5.41) is 10.9. The summed E-state index contributed by atoms with van der Waals surface area (Å²) in [6.07, 6.45) is 0.939. The fraction of sp³-hybridized carbons (Fsp3) is 0.400. The van der Waals surface area contributed by atoms with E-state index in [4.69, 9.17) is 5.73 Å². The SMILES string of the molecule is Nc1nnc(SCC(=O)NC[C@H]2CCN(c3ccccc3F)C2)s1. The number of para-hydroxylation sites is 1. The van der Waals surface area contributed by atoms with Crippen LogP contribution >= 0.6 is 23.1 Å². The number of hydrogen-bond acceptors (Lipinski definition) is 7. The van der Waals surface area contributed by atoms with Crippen LogP contribution in [0.25, 0.3) is 0 Å². The van der Waals surface area contributed by atoms with Gasteiger partial charge in [-0.15, -0.1) is 10.2 Å². The van der Waals surface area contributed by atoms with Crippen LogP contribution in [0.2, 0.25) is 0 Å². The molecule has 9 heteroatoms. The summed E-state index contributed by atoms with van der Waals surface area (Å²) in [4.78, 5) is 13.9. The van der Waals surface area contributed by atoms with E-state index in [1.807, 2.05) is 11.0 Å². The second-order valence-corrected chi connectivity index (χ2v) is 7.78. The molecule has 1 aliphatic heterocycles. The first kappa shape index (κ1) is 17.0. The molecule has 1 saturated heterocycles.